The zero-order valence-corrected chi connectivity index (χ0v) is 13.7. The van der Waals surface area contributed by atoms with Gasteiger partial charge < -0.3 is 14.7 Å². The van der Waals surface area contributed by atoms with Gasteiger partial charge in [-0.25, -0.2) is 0 Å². The Morgan fingerprint density at radius 2 is 1.90 bits per heavy atom. The standard InChI is InChI=1S/C15H25N3O3/c1-7-18(9-13(19)16-15(4,5)6)14(20)8-12-10(2)17-21-11(12)3/h7-9H2,1-6H3,(H,16,19). The van der Waals surface area contributed by atoms with E-state index in [9.17, 15) is 9.59 Å². The maximum Gasteiger partial charge on any atom is 0.240 e. The van der Waals surface area contributed by atoms with Gasteiger partial charge in [-0.15, -0.1) is 0 Å². The van der Waals surface area contributed by atoms with E-state index in [1.807, 2.05) is 34.6 Å². The molecule has 0 radical (unpaired) electrons. The lowest BCUT2D eigenvalue weighted by molar-refractivity contribution is -0.135. The van der Waals surface area contributed by atoms with E-state index < -0.39 is 0 Å². The Kier molecular flexibility index (Phi) is 5.52. The second-order valence-electron chi connectivity index (χ2n) is 6.19. The van der Waals surface area contributed by atoms with Gasteiger partial charge in [0.15, 0.2) is 0 Å². The minimum atomic E-state index is -0.304. The molecular formula is C15H25N3O3. The predicted molar refractivity (Wildman–Crippen MR) is 79.8 cm³/mol. The molecule has 0 saturated carbocycles. The summed E-state index contributed by atoms with van der Waals surface area (Å²) in [5.41, 5.74) is 1.21. The van der Waals surface area contributed by atoms with E-state index in [1.54, 1.807) is 6.92 Å². The van der Waals surface area contributed by atoms with Crippen LogP contribution in [0.15, 0.2) is 4.52 Å². The molecular weight excluding hydrogens is 270 g/mol. The zero-order chi connectivity index (χ0) is 16.2. The first kappa shape index (κ1) is 17.2. The molecule has 0 unspecified atom stereocenters. The third-order valence-electron chi connectivity index (χ3n) is 3.09. The van der Waals surface area contributed by atoms with Crippen molar-refractivity contribution < 1.29 is 14.1 Å². The normalized spacial score (nSPS) is 11.3. The number of carbonyl (C=O) groups excluding carboxylic acids is 2. The predicted octanol–water partition coefficient (Wildman–Crippen LogP) is 1.60. The van der Waals surface area contributed by atoms with E-state index in [0.29, 0.717) is 12.3 Å². The Hall–Kier alpha value is -1.85. The lowest BCUT2D eigenvalue weighted by atomic mass is 10.1. The van der Waals surface area contributed by atoms with Crippen molar-refractivity contribution in [3.05, 3.63) is 17.0 Å². The number of aryl methyl sites for hydroxylation is 2. The van der Waals surface area contributed by atoms with Crippen LogP contribution in [0, 0.1) is 13.8 Å². The summed E-state index contributed by atoms with van der Waals surface area (Å²) < 4.78 is 5.06. The van der Waals surface area contributed by atoms with Gasteiger partial charge in [0.25, 0.3) is 0 Å². The molecule has 1 heterocycles. The number of hydrogen-bond donors (Lipinski definition) is 1. The smallest absolute Gasteiger partial charge is 0.240 e. The lowest BCUT2D eigenvalue weighted by Gasteiger charge is -2.25. The molecule has 6 nitrogen and oxygen atoms in total. The topological polar surface area (TPSA) is 75.4 Å². The largest absolute Gasteiger partial charge is 0.361 e. The average Bonchev–Trinajstić information content (AvgIpc) is 2.65. The second-order valence-corrected chi connectivity index (χ2v) is 6.19. The van der Waals surface area contributed by atoms with Crippen LogP contribution >= 0.6 is 0 Å². The molecule has 0 fully saturated rings. The van der Waals surface area contributed by atoms with Gasteiger partial charge in [-0.3, -0.25) is 9.59 Å². The third kappa shape index (κ3) is 5.21. The van der Waals surface area contributed by atoms with Gasteiger partial charge in [0.1, 0.15) is 5.76 Å². The molecule has 0 saturated heterocycles. The van der Waals surface area contributed by atoms with Gasteiger partial charge in [-0.2, -0.15) is 0 Å². The molecule has 0 aliphatic carbocycles. The Morgan fingerprint density at radius 3 is 2.33 bits per heavy atom. The van der Waals surface area contributed by atoms with Crippen molar-refractivity contribution in [2.24, 2.45) is 0 Å². The van der Waals surface area contributed by atoms with Gasteiger partial charge in [0, 0.05) is 17.6 Å². The molecule has 0 atom stereocenters. The fourth-order valence-electron chi connectivity index (χ4n) is 2.02. The number of carbonyl (C=O) groups is 2. The van der Waals surface area contributed by atoms with Crippen LogP contribution in [0.4, 0.5) is 0 Å². The highest BCUT2D eigenvalue weighted by Gasteiger charge is 2.21. The zero-order valence-electron chi connectivity index (χ0n) is 13.7. The van der Waals surface area contributed by atoms with Crippen LogP contribution in [-0.2, 0) is 16.0 Å². The van der Waals surface area contributed by atoms with Crippen LogP contribution in [0.25, 0.3) is 0 Å². The van der Waals surface area contributed by atoms with E-state index in [0.717, 1.165) is 11.3 Å². The maximum absolute atomic E-state index is 12.3. The van der Waals surface area contributed by atoms with E-state index in [4.69, 9.17) is 4.52 Å². The van der Waals surface area contributed by atoms with Crippen LogP contribution in [0.1, 0.15) is 44.7 Å². The van der Waals surface area contributed by atoms with E-state index in [-0.39, 0.29) is 30.3 Å². The van der Waals surface area contributed by atoms with Crippen LogP contribution in [0.5, 0.6) is 0 Å². The molecule has 21 heavy (non-hydrogen) atoms. The number of rotatable bonds is 5. The summed E-state index contributed by atoms with van der Waals surface area (Å²) in [5, 5.41) is 6.70. The van der Waals surface area contributed by atoms with Crippen molar-refractivity contribution >= 4 is 11.8 Å². The number of nitrogens with one attached hydrogen (secondary N) is 1. The Morgan fingerprint density at radius 1 is 1.29 bits per heavy atom. The van der Waals surface area contributed by atoms with E-state index >= 15 is 0 Å². The molecule has 0 aliphatic rings. The third-order valence-corrected chi connectivity index (χ3v) is 3.09. The van der Waals surface area contributed by atoms with E-state index in [2.05, 4.69) is 10.5 Å². The first-order valence-corrected chi connectivity index (χ1v) is 7.14. The number of amides is 2. The minimum absolute atomic E-state index is 0.0655. The summed E-state index contributed by atoms with van der Waals surface area (Å²) in [5.74, 6) is 0.392. The summed E-state index contributed by atoms with van der Waals surface area (Å²) in [6.07, 6.45) is 0.206. The van der Waals surface area contributed by atoms with Gasteiger partial charge in [0.05, 0.1) is 18.7 Å². The monoisotopic (exact) mass is 295 g/mol. The molecule has 6 heteroatoms. The van der Waals surface area contributed by atoms with E-state index in [1.165, 1.54) is 4.90 Å². The van der Waals surface area contributed by atoms with Gasteiger partial charge in [-0.05, 0) is 41.5 Å². The molecule has 1 rings (SSSR count). The fraction of sp³-hybridized carbons (Fsp3) is 0.667. The fourth-order valence-corrected chi connectivity index (χ4v) is 2.02. The number of aromatic nitrogens is 1. The summed E-state index contributed by atoms with van der Waals surface area (Å²) >= 11 is 0. The highest BCUT2D eigenvalue weighted by molar-refractivity contribution is 5.86. The number of nitrogens with zero attached hydrogens (tertiary/aromatic N) is 2. The summed E-state index contributed by atoms with van der Waals surface area (Å²) in [7, 11) is 0. The average molecular weight is 295 g/mol. The summed E-state index contributed by atoms with van der Waals surface area (Å²) in [4.78, 5) is 25.8. The van der Waals surface area contributed by atoms with Crippen LogP contribution in [0.3, 0.4) is 0 Å². The van der Waals surface area contributed by atoms with Gasteiger partial charge >= 0.3 is 0 Å². The minimum Gasteiger partial charge on any atom is -0.361 e. The number of likely N-dealkylation sites (N-methyl/N-ethyl adjacent to an activating group) is 1. The molecule has 1 N–H and O–H groups in total. The molecule has 2 amide bonds. The van der Waals surface area contributed by atoms with Crippen molar-refractivity contribution in [1.29, 1.82) is 0 Å². The van der Waals surface area contributed by atoms with Crippen molar-refractivity contribution in [2.45, 2.75) is 53.5 Å². The summed E-state index contributed by atoms with van der Waals surface area (Å²) in [6, 6.07) is 0. The quantitative estimate of drug-likeness (QED) is 0.895. The van der Waals surface area contributed by atoms with Crippen molar-refractivity contribution in [3.63, 3.8) is 0 Å². The Balaban J connectivity index is 2.68. The van der Waals surface area contributed by atoms with Crippen LogP contribution in [0.2, 0.25) is 0 Å². The first-order valence-electron chi connectivity index (χ1n) is 7.14. The molecule has 0 spiro atoms. The molecule has 1 aromatic heterocycles. The lowest BCUT2D eigenvalue weighted by Crippen LogP contribution is -2.47. The maximum atomic E-state index is 12.3. The second kappa shape index (κ2) is 6.74. The van der Waals surface area contributed by atoms with Gasteiger partial charge in [0.2, 0.25) is 11.8 Å². The highest BCUT2D eigenvalue weighted by atomic mass is 16.5. The molecule has 0 aromatic carbocycles. The van der Waals surface area contributed by atoms with Crippen molar-refractivity contribution in [2.75, 3.05) is 13.1 Å². The van der Waals surface area contributed by atoms with Crippen molar-refractivity contribution in [1.82, 2.24) is 15.4 Å². The molecule has 0 bridgehead atoms. The highest BCUT2D eigenvalue weighted by Crippen LogP contribution is 2.14. The van der Waals surface area contributed by atoms with Crippen LogP contribution < -0.4 is 5.32 Å². The molecule has 118 valence electrons. The Labute approximate surface area is 125 Å². The Bertz CT molecular complexity index is 495. The molecule has 1 aromatic rings. The SMILES string of the molecule is CCN(CC(=O)NC(C)(C)C)C(=O)Cc1c(C)noc1C. The number of hydrogen-bond acceptors (Lipinski definition) is 4. The first-order chi connectivity index (χ1) is 9.64. The summed E-state index contributed by atoms with van der Waals surface area (Å²) in [6.45, 7) is 11.7. The van der Waals surface area contributed by atoms with Crippen LogP contribution in [-0.4, -0.2) is 40.5 Å². The van der Waals surface area contributed by atoms with Crippen molar-refractivity contribution in [3.8, 4) is 0 Å². The molecule has 0 aliphatic heterocycles. The van der Waals surface area contributed by atoms with Gasteiger partial charge in [-0.1, -0.05) is 5.16 Å².